The predicted octanol–water partition coefficient (Wildman–Crippen LogP) is -11.2. The van der Waals surface area contributed by atoms with E-state index in [1.807, 2.05) is 26.2 Å². The second-order valence-electron chi connectivity index (χ2n) is 12.9. The van der Waals surface area contributed by atoms with Gasteiger partial charge in [-0.2, -0.15) is 0 Å². The molecule has 372 valence electrons. The monoisotopic (exact) mass is 1030 g/mol. The fourth-order valence-electron chi connectivity index (χ4n) is 5.40. The maximum Gasteiger partial charge on any atom is 2.00 e. The van der Waals surface area contributed by atoms with Gasteiger partial charge in [0.1, 0.15) is 17.3 Å². The Morgan fingerprint density at radius 3 is 1.06 bits per heavy atom. The third kappa shape index (κ3) is 43.0. The molecule has 4 rings (SSSR count). The van der Waals surface area contributed by atoms with E-state index in [2.05, 4.69) is 57.5 Å². The number of carbonyl (C=O) groups is 2. The number of nitrogens with zero attached hydrogens (tertiary/aromatic N) is 6. The summed E-state index contributed by atoms with van der Waals surface area (Å²) in [6.07, 6.45) is 3.98. The van der Waals surface area contributed by atoms with Crippen LogP contribution in [0.1, 0.15) is 60.3 Å². The van der Waals surface area contributed by atoms with Crippen molar-refractivity contribution in [1.29, 1.82) is 0 Å². The van der Waals surface area contributed by atoms with Gasteiger partial charge in [-0.25, -0.2) is 37.3 Å². The zero-order valence-electron chi connectivity index (χ0n) is 36.6. The fraction of sp³-hybridized carbons (Fsp3) is 0.647. The number of halogens is 2. The molecule has 2 aliphatic rings. The molecule has 0 atom stereocenters. The Hall–Kier alpha value is -2.23. The van der Waals surface area contributed by atoms with Crippen molar-refractivity contribution in [3.05, 3.63) is 46.0 Å². The fourth-order valence-corrected chi connectivity index (χ4v) is 5.40. The molecule has 2 saturated heterocycles. The second kappa shape index (κ2) is 40.3. The van der Waals surface area contributed by atoms with Gasteiger partial charge in [0.25, 0.3) is 0 Å². The molecule has 28 heteroatoms. The summed E-state index contributed by atoms with van der Waals surface area (Å²) < 4.78 is 78.9. The number of aryl methyl sites for hydroxylation is 2. The summed E-state index contributed by atoms with van der Waals surface area (Å²) in [5, 5.41) is 16.7. The third-order valence-electron chi connectivity index (χ3n) is 7.87. The topological polar surface area (TPSA) is 451 Å². The van der Waals surface area contributed by atoms with Gasteiger partial charge in [-0.15, -0.1) is 20.5 Å². The van der Waals surface area contributed by atoms with Crippen LogP contribution in [0.3, 0.4) is 0 Å². The van der Waals surface area contributed by atoms with Crippen LogP contribution >= 0.6 is 0 Å². The van der Waals surface area contributed by atoms with Crippen molar-refractivity contribution in [2.45, 2.75) is 67.5 Å². The van der Waals surface area contributed by atoms with Gasteiger partial charge in [-0.1, -0.05) is 0 Å². The van der Waals surface area contributed by atoms with E-state index in [0.29, 0.717) is 0 Å². The first-order chi connectivity index (χ1) is 25.7. The first kappa shape index (κ1) is 77.0. The molecule has 0 unspecified atom stereocenters. The van der Waals surface area contributed by atoms with E-state index in [9.17, 15) is 4.79 Å². The quantitative estimate of drug-likeness (QED) is 0.191. The average molecular weight is 1040 g/mol. The van der Waals surface area contributed by atoms with Crippen molar-refractivity contribution in [1.82, 2.24) is 29.6 Å². The summed E-state index contributed by atoms with van der Waals surface area (Å²) in [4.78, 5) is 36.8. The van der Waals surface area contributed by atoms with E-state index < -0.39 is 26.6 Å². The third-order valence-corrected chi connectivity index (χ3v) is 7.87. The Morgan fingerprint density at radius 2 is 0.839 bits per heavy atom. The van der Waals surface area contributed by atoms with Gasteiger partial charge >= 0.3 is 33.0 Å². The number of aromatic nitrogens is 2. The Kier molecular flexibility index (Phi) is 50.1. The Labute approximate surface area is 387 Å². The van der Waals surface area contributed by atoms with Crippen LogP contribution in [0.2, 0.25) is 0 Å². The number of pyridine rings is 2. The van der Waals surface area contributed by atoms with Crippen LogP contribution in [0, 0.1) is 48.2 Å². The maximum atomic E-state index is 9.44. The van der Waals surface area contributed by atoms with Crippen LogP contribution in [0.25, 0.3) is 0 Å². The number of hydrogen-bond acceptors (Lipinski definition) is 20. The zero-order chi connectivity index (χ0) is 43.8. The van der Waals surface area contributed by atoms with Gasteiger partial charge in [0.2, 0.25) is 0 Å². The molecule has 0 spiro atoms. The molecule has 0 amide bonds. The Morgan fingerprint density at radius 1 is 0.597 bits per heavy atom. The normalized spacial score (nSPS) is 14.0. The number of ether oxygens (including phenoxy) is 2. The minimum Gasteiger partial charge on any atom is -0.652 e. The molecular formula is C34H66Cl2N6Ni2O18+2. The van der Waals surface area contributed by atoms with Crippen LogP contribution in [-0.4, -0.2) is 133 Å². The van der Waals surface area contributed by atoms with Gasteiger partial charge in [0, 0.05) is 73.9 Å². The van der Waals surface area contributed by atoms with E-state index in [-0.39, 0.29) is 60.7 Å². The molecule has 10 N–H and O–H groups in total. The summed E-state index contributed by atoms with van der Waals surface area (Å²) in [5.41, 5.74) is 6.87. The molecule has 0 aliphatic carbocycles. The smallest absolute Gasteiger partial charge is 0.652 e. The molecule has 0 aromatic carbocycles. The minimum atomic E-state index is -4.94. The van der Waals surface area contributed by atoms with E-state index in [1.165, 1.54) is 50.9 Å². The van der Waals surface area contributed by atoms with Crippen LogP contribution in [0.4, 0.5) is 4.79 Å². The summed E-state index contributed by atoms with van der Waals surface area (Å²) in [6, 6.07) is 0. The molecule has 24 nitrogen and oxygen atoms in total. The molecule has 0 radical (unpaired) electrons. The minimum absolute atomic E-state index is 0. The van der Waals surface area contributed by atoms with Gasteiger partial charge in [0.15, 0.2) is 0 Å². The molecular weight excluding hydrogens is 969 g/mol. The predicted molar refractivity (Wildman–Crippen MR) is 194 cm³/mol. The first-order valence-electron chi connectivity index (χ1n) is 17.1. The van der Waals surface area contributed by atoms with Crippen molar-refractivity contribution >= 4 is 11.9 Å². The number of hydrogen-bond donors (Lipinski definition) is 0. The van der Waals surface area contributed by atoms with E-state index in [1.54, 1.807) is 14.2 Å². The molecule has 2 aromatic heterocycles. The molecule has 2 aliphatic heterocycles. The maximum absolute atomic E-state index is 9.44. The number of Topliss-reactive ketones (excluding diaryl/α,β-unsaturated/α-hetero) is 1. The number of methoxy groups -OCH3 is 2. The van der Waals surface area contributed by atoms with Crippen LogP contribution < -0.4 is 57.0 Å². The summed E-state index contributed by atoms with van der Waals surface area (Å²) >= 11 is 0. The van der Waals surface area contributed by atoms with Crippen molar-refractivity contribution in [3.63, 3.8) is 0 Å². The van der Waals surface area contributed by atoms with E-state index >= 15 is 0 Å². The average Bonchev–Trinajstić information content (AvgIpc) is 3.37. The van der Waals surface area contributed by atoms with Crippen molar-refractivity contribution in [3.8, 4) is 11.5 Å². The molecule has 62 heavy (non-hydrogen) atoms. The molecule has 0 bridgehead atoms. The number of carbonyl (C=O) groups excluding carboxylic acids is 2. The second-order valence-corrected chi connectivity index (χ2v) is 14.4. The standard InChI is InChI=1S/2C15H25N3O.C3H6O.CH2O3.2ClHO4.2Ni.4H2O/c2*1-12-10-16-14(13(2)15(12)19-4)11-18-7-5-6-17(3)8-9-18;1-3(2)4;2-1(3)4;2*2-1(3,4)5;;;;;;/h2*10H,5-9,11H2,1-4H3;1-2H3;(H2,2,3,4);2*(H,2,3,4,5);;;4*1H2/q;;;;;;2*+2;;;;/p-2. The van der Waals surface area contributed by atoms with Gasteiger partial charge in [-0.3, -0.25) is 19.8 Å². The molecule has 4 heterocycles. The Balaban J connectivity index is -0.000000106. The number of carboxylic acid groups (broad SMARTS) is 2. The van der Waals surface area contributed by atoms with E-state index in [0.717, 1.165) is 86.4 Å². The van der Waals surface area contributed by atoms with Crippen LogP contribution in [-0.2, 0) is 61.8 Å². The zero-order valence-corrected chi connectivity index (χ0v) is 40.1. The number of likely N-dealkylation sites (N-methyl/N-ethyl adjacent to an activating group) is 2. The summed E-state index contributed by atoms with van der Waals surface area (Å²) in [6.45, 7) is 22.4. The van der Waals surface area contributed by atoms with Gasteiger partial charge in [0.05, 0.1) is 25.6 Å². The Bertz CT molecular complexity index is 1330. The largest absolute Gasteiger partial charge is 2.00 e. The van der Waals surface area contributed by atoms with Crippen molar-refractivity contribution in [2.75, 3.05) is 80.7 Å². The number of rotatable bonds is 6. The molecule has 2 aromatic rings. The first-order valence-corrected chi connectivity index (χ1v) is 19.5. The van der Waals surface area contributed by atoms with E-state index in [4.69, 9.17) is 61.8 Å². The van der Waals surface area contributed by atoms with Gasteiger partial charge in [-0.05, 0) is 101 Å². The summed E-state index contributed by atoms with van der Waals surface area (Å²) in [5.74, 6) is 2.13. The SMILES string of the molecule is CC(C)=O.COc1c(C)cnc(CN2CCCN(C)CC2)c1C.COc1c(C)cnc(CN2CCCN(C)CC2)c1C.O.O.O=C([O-])[O-].[Ni+2].[Ni+2].[O-][Cl+3]([O-])([O-])[O-].[O-][Cl+3]([O-])([O-])[O-].[OH3+].[OH3+]. The molecule has 0 saturated carbocycles. The van der Waals surface area contributed by atoms with Gasteiger partial charge < -0.3 is 61.0 Å². The van der Waals surface area contributed by atoms with Crippen molar-refractivity contribution in [2.24, 2.45) is 0 Å². The van der Waals surface area contributed by atoms with Crippen LogP contribution in [0.15, 0.2) is 12.4 Å². The number of ketones is 1. The van der Waals surface area contributed by atoms with Crippen molar-refractivity contribution < 1.29 is 142 Å². The van der Waals surface area contributed by atoms with Crippen LogP contribution in [0.5, 0.6) is 11.5 Å². The summed E-state index contributed by atoms with van der Waals surface area (Å²) in [7, 11) is -2.02. The molecule has 2 fully saturated rings.